The van der Waals surface area contributed by atoms with E-state index in [1.165, 1.54) is 4.57 Å². The molecule has 0 saturated carbocycles. The number of nitrogens with two attached hydrogens (primary N) is 1. The Morgan fingerprint density at radius 1 is 0.865 bits per heavy atom. The number of aromatic nitrogens is 2. The maximum absolute atomic E-state index is 13.3. The second-order valence-electron chi connectivity index (χ2n) is 9.12. The average Bonchev–Trinajstić information content (AvgIpc) is 2.94. The fourth-order valence-corrected chi connectivity index (χ4v) is 4.97. The Labute approximate surface area is 214 Å². The molecule has 37 heavy (non-hydrogen) atoms. The number of anilines is 2. The first-order valence-electron chi connectivity index (χ1n) is 12.3. The van der Waals surface area contributed by atoms with E-state index in [4.69, 9.17) is 5.73 Å². The third kappa shape index (κ3) is 5.03. The quantitative estimate of drug-likeness (QED) is 0.428. The molecule has 0 radical (unpaired) electrons. The summed E-state index contributed by atoms with van der Waals surface area (Å²) in [4.78, 5) is 33.1. The van der Waals surface area contributed by atoms with Crippen LogP contribution >= 0.6 is 0 Å². The van der Waals surface area contributed by atoms with Gasteiger partial charge in [-0.25, -0.2) is 4.79 Å². The van der Waals surface area contributed by atoms with Gasteiger partial charge in [-0.1, -0.05) is 60.7 Å². The van der Waals surface area contributed by atoms with E-state index in [0.717, 1.165) is 29.9 Å². The van der Waals surface area contributed by atoms with Gasteiger partial charge < -0.3 is 10.6 Å². The molecule has 1 aliphatic rings. The fraction of sp³-hybridized carbons (Fsp3) is 0.207. The number of H-pyrrole nitrogens is 1. The number of rotatable bonds is 6. The highest BCUT2D eigenvalue weighted by atomic mass is 16.2. The van der Waals surface area contributed by atoms with Gasteiger partial charge in [-0.05, 0) is 35.4 Å². The van der Waals surface area contributed by atoms with Crippen LogP contribution in [0.5, 0.6) is 0 Å². The lowest BCUT2D eigenvalue weighted by Gasteiger charge is -2.40. The lowest BCUT2D eigenvalue weighted by molar-refractivity contribution is 0.211. The SMILES string of the molecule is N#Cc1ccc([C@@H](c2c(N)n(Cc3ccccc3)c(=O)[nH]c2=O)N2CCN(c3ccccc3)CC2)cc1. The molecular weight excluding hydrogens is 464 g/mol. The van der Waals surface area contributed by atoms with E-state index in [1.54, 1.807) is 12.1 Å². The number of nitrogen functional groups attached to an aromatic ring is 1. The van der Waals surface area contributed by atoms with E-state index in [2.05, 4.69) is 33.0 Å². The second kappa shape index (κ2) is 10.6. The summed E-state index contributed by atoms with van der Waals surface area (Å²) in [5, 5.41) is 9.29. The van der Waals surface area contributed by atoms with Crippen molar-refractivity contribution in [1.82, 2.24) is 14.5 Å². The van der Waals surface area contributed by atoms with Crippen LogP contribution in [0.25, 0.3) is 0 Å². The largest absolute Gasteiger partial charge is 0.385 e. The van der Waals surface area contributed by atoms with Gasteiger partial charge in [0.15, 0.2) is 0 Å². The van der Waals surface area contributed by atoms with Gasteiger partial charge in [-0.2, -0.15) is 5.26 Å². The molecule has 0 aliphatic carbocycles. The number of nitrogens with zero attached hydrogens (tertiary/aromatic N) is 4. The smallest absolute Gasteiger partial charge is 0.330 e. The van der Waals surface area contributed by atoms with Gasteiger partial charge in [0.2, 0.25) is 0 Å². The third-order valence-electron chi connectivity index (χ3n) is 6.89. The standard InChI is InChI=1S/C29H28N6O2/c30-19-21-11-13-23(14-12-21)26(34-17-15-33(16-18-34)24-9-5-2-6-10-24)25-27(31)35(29(37)32-28(25)36)20-22-7-3-1-4-8-22/h1-14,26H,15-18,20,31H2,(H,32,36,37)/t26-/m0/s1. The minimum atomic E-state index is -0.539. The van der Waals surface area contributed by atoms with Crippen LogP contribution < -0.4 is 21.9 Å². The van der Waals surface area contributed by atoms with Crippen molar-refractivity contribution in [2.45, 2.75) is 12.6 Å². The summed E-state index contributed by atoms with van der Waals surface area (Å²) in [7, 11) is 0. The zero-order valence-corrected chi connectivity index (χ0v) is 20.4. The average molecular weight is 493 g/mol. The van der Waals surface area contributed by atoms with Crippen LogP contribution in [0.4, 0.5) is 11.5 Å². The highest BCUT2D eigenvalue weighted by Crippen LogP contribution is 2.31. The predicted molar refractivity (Wildman–Crippen MR) is 145 cm³/mol. The van der Waals surface area contributed by atoms with Gasteiger partial charge in [0.25, 0.3) is 5.56 Å². The van der Waals surface area contributed by atoms with Crippen molar-refractivity contribution in [3.05, 3.63) is 128 Å². The zero-order chi connectivity index (χ0) is 25.8. The molecule has 3 N–H and O–H groups in total. The molecule has 1 saturated heterocycles. The molecule has 186 valence electrons. The lowest BCUT2D eigenvalue weighted by atomic mass is 9.96. The van der Waals surface area contributed by atoms with Crippen molar-refractivity contribution in [2.75, 3.05) is 36.8 Å². The number of hydrogen-bond acceptors (Lipinski definition) is 6. The lowest BCUT2D eigenvalue weighted by Crippen LogP contribution is -2.49. The molecule has 1 atom stereocenters. The van der Waals surface area contributed by atoms with E-state index < -0.39 is 17.3 Å². The van der Waals surface area contributed by atoms with Crippen LogP contribution in [0.1, 0.15) is 28.3 Å². The Kier molecular flexibility index (Phi) is 6.88. The Balaban J connectivity index is 1.55. The Bertz CT molecular complexity index is 1510. The summed E-state index contributed by atoms with van der Waals surface area (Å²) in [5.74, 6) is 0.150. The number of nitrogens with one attached hydrogen (secondary N) is 1. The van der Waals surface area contributed by atoms with Gasteiger partial charge >= 0.3 is 5.69 Å². The third-order valence-corrected chi connectivity index (χ3v) is 6.89. The Morgan fingerprint density at radius 3 is 2.11 bits per heavy atom. The molecular formula is C29H28N6O2. The van der Waals surface area contributed by atoms with Crippen molar-refractivity contribution < 1.29 is 0 Å². The van der Waals surface area contributed by atoms with Gasteiger partial charge in [0, 0.05) is 31.9 Å². The van der Waals surface area contributed by atoms with E-state index in [1.807, 2.05) is 60.7 Å². The summed E-state index contributed by atoms with van der Waals surface area (Å²) >= 11 is 0. The number of benzene rings is 3. The minimum Gasteiger partial charge on any atom is -0.385 e. The van der Waals surface area contributed by atoms with Crippen molar-refractivity contribution in [3.63, 3.8) is 0 Å². The van der Waals surface area contributed by atoms with Crippen molar-refractivity contribution >= 4 is 11.5 Å². The van der Waals surface area contributed by atoms with Crippen molar-refractivity contribution in [1.29, 1.82) is 5.26 Å². The molecule has 4 aromatic rings. The maximum atomic E-state index is 13.3. The molecule has 0 spiro atoms. The molecule has 5 rings (SSSR count). The Hall–Kier alpha value is -4.61. The summed E-state index contributed by atoms with van der Waals surface area (Å²) in [6, 6.07) is 28.6. The van der Waals surface area contributed by atoms with Crippen LogP contribution in [0.2, 0.25) is 0 Å². The Morgan fingerprint density at radius 2 is 1.49 bits per heavy atom. The number of aromatic amines is 1. The molecule has 3 aromatic carbocycles. The summed E-state index contributed by atoms with van der Waals surface area (Å²) < 4.78 is 1.42. The normalized spacial score (nSPS) is 14.7. The monoisotopic (exact) mass is 492 g/mol. The molecule has 2 heterocycles. The number of para-hydroxylation sites is 1. The highest BCUT2D eigenvalue weighted by Gasteiger charge is 2.31. The van der Waals surface area contributed by atoms with Gasteiger partial charge in [0.05, 0.1) is 29.8 Å². The van der Waals surface area contributed by atoms with Crippen LogP contribution in [-0.2, 0) is 6.54 Å². The van der Waals surface area contributed by atoms with Crippen LogP contribution in [-0.4, -0.2) is 40.6 Å². The molecule has 1 fully saturated rings. The van der Waals surface area contributed by atoms with Crippen molar-refractivity contribution in [2.24, 2.45) is 0 Å². The minimum absolute atomic E-state index is 0.150. The molecule has 1 aromatic heterocycles. The van der Waals surface area contributed by atoms with Crippen LogP contribution in [0, 0.1) is 11.3 Å². The summed E-state index contributed by atoms with van der Waals surface area (Å²) in [6.45, 7) is 3.18. The molecule has 0 amide bonds. The van der Waals surface area contributed by atoms with Gasteiger partial charge in [-0.15, -0.1) is 0 Å². The van der Waals surface area contributed by atoms with Gasteiger partial charge in [-0.3, -0.25) is 19.2 Å². The summed E-state index contributed by atoms with van der Waals surface area (Å²) in [5.41, 5.74) is 9.35. The number of piperazine rings is 1. The van der Waals surface area contributed by atoms with Gasteiger partial charge in [0.1, 0.15) is 5.82 Å². The number of hydrogen-bond donors (Lipinski definition) is 2. The molecule has 1 aliphatic heterocycles. The zero-order valence-electron chi connectivity index (χ0n) is 20.4. The predicted octanol–water partition coefficient (Wildman–Crippen LogP) is 2.95. The maximum Gasteiger partial charge on any atom is 0.330 e. The topological polar surface area (TPSA) is 111 Å². The van der Waals surface area contributed by atoms with E-state index in [-0.39, 0.29) is 12.4 Å². The van der Waals surface area contributed by atoms with Crippen LogP contribution in [0.3, 0.4) is 0 Å². The highest BCUT2D eigenvalue weighted by molar-refractivity contribution is 5.49. The van der Waals surface area contributed by atoms with E-state index in [9.17, 15) is 14.9 Å². The van der Waals surface area contributed by atoms with E-state index in [0.29, 0.717) is 24.2 Å². The molecule has 0 unspecified atom stereocenters. The summed E-state index contributed by atoms with van der Waals surface area (Å²) in [6.07, 6.45) is 0. The molecule has 8 heteroatoms. The fourth-order valence-electron chi connectivity index (χ4n) is 4.97. The second-order valence-corrected chi connectivity index (χ2v) is 9.12. The number of nitriles is 1. The first kappa shape index (κ1) is 24.1. The van der Waals surface area contributed by atoms with Crippen molar-refractivity contribution in [3.8, 4) is 6.07 Å². The van der Waals surface area contributed by atoms with E-state index >= 15 is 0 Å². The molecule has 0 bridgehead atoms. The first-order valence-corrected chi connectivity index (χ1v) is 12.3. The van der Waals surface area contributed by atoms with Crippen LogP contribution in [0.15, 0.2) is 94.5 Å². The molecule has 8 nitrogen and oxygen atoms in total. The first-order chi connectivity index (χ1) is 18.0.